The lowest BCUT2D eigenvalue weighted by Crippen LogP contribution is -2.50. The molecule has 0 heterocycles. The number of alkyl halides is 5. The number of hydrogen-bond acceptors (Lipinski definition) is 0. The van der Waals surface area contributed by atoms with Crippen molar-refractivity contribution < 1.29 is 0 Å². The average molecular weight is 442 g/mol. The minimum atomic E-state index is -1.44. The Morgan fingerprint density at radius 1 is 0.737 bits per heavy atom. The van der Waals surface area contributed by atoms with Crippen LogP contribution in [0.15, 0.2) is 20.1 Å². The Balaban J connectivity index is 2.37. The van der Waals surface area contributed by atoms with E-state index in [1.54, 1.807) is 0 Å². The number of halogens is 9. The summed E-state index contributed by atoms with van der Waals surface area (Å²) in [4.78, 5) is -4.11. The van der Waals surface area contributed by atoms with Gasteiger partial charge in [0.15, 0.2) is 0 Å². The first-order valence-corrected chi connectivity index (χ1v) is 8.55. The molecule has 106 valence electrons. The predicted molar refractivity (Wildman–Crippen MR) is 86.0 cm³/mol. The van der Waals surface area contributed by atoms with Gasteiger partial charge in [0.1, 0.15) is 14.6 Å². The van der Waals surface area contributed by atoms with Crippen molar-refractivity contribution in [2.24, 2.45) is 5.92 Å². The molecule has 0 aromatic heterocycles. The van der Waals surface area contributed by atoms with E-state index in [-0.39, 0.29) is 20.1 Å². The number of allylic oxidation sites excluding steroid dienone is 4. The average Bonchev–Trinajstić information content (AvgIpc) is 2.69. The van der Waals surface area contributed by atoms with Gasteiger partial charge in [-0.25, -0.2) is 0 Å². The van der Waals surface area contributed by atoms with E-state index in [4.69, 9.17) is 104 Å². The molecular formula is C10H3Cl9. The second-order valence-electron chi connectivity index (χ2n) is 4.72. The van der Waals surface area contributed by atoms with Gasteiger partial charge in [0.05, 0.1) is 30.9 Å². The monoisotopic (exact) mass is 438 g/mol. The van der Waals surface area contributed by atoms with Gasteiger partial charge in [0, 0.05) is 5.92 Å². The standard InChI is InChI=1S/C10H3Cl9/c11-1-2(12)4(13)9(18)3(1)8(17)5(14)6(15)10(9,19)7(8)16/h1,3,7H/t1-,3-,7+,8-,9-,10-/m1/s1. The van der Waals surface area contributed by atoms with Gasteiger partial charge in [-0.05, 0) is 0 Å². The van der Waals surface area contributed by atoms with Gasteiger partial charge in [0.2, 0.25) is 0 Å². The molecule has 0 aromatic carbocycles. The fourth-order valence-corrected chi connectivity index (χ4v) is 7.95. The maximum Gasteiger partial charge on any atom is 0.124 e. The molecule has 6 atom stereocenters. The maximum absolute atomic E-state index is 6.65. The van der Waals surface area contributed by atoms with Crippen molar-refractivity contribution in [3.8, 4) is 0 Å². The molecule has 0 amide bonds. The molecule has 0 nitrogen and oxygen atoms in total. The Morgan fingerprint density at radius 2 is 1.26 bits per heavy atom. The molecule has 1 fully saturated rings. The van der Waals surface area contributed by atoms with Crippen LogP contribution in [0.25, 0.3) is 0 Å². The van der Waals surface area contributed by atoms with Crippen molar-refractivity contribution in [2.75, 3.05) is 0 Å². The first-order chi connectivity index (χ1) is 8.57. The summed E-state index contributed by atoms with van der Waals surface area (Å²) in [6.45, 7) is 0. The summed E-state index contributed by atoms with van der Waals surface area (Å²) in [7, 11) is 0. The van der Waals surface area contributed by atoms with Gasteiger partial charge >= 0.3 is 0 Å². The van der Waals surface area contributed by atoms with E-state index in [0.29, 0.717) is 0 Å². The normalized spacial score (nSPS) is 56.4. The molecule has 0 aromatic rings. The lowest BCUT2D eigenvalue weighted by atomic mass is 9.83. The van der Waals surface area contributed by atoms with Crippen molar-refractivity contribution in [3.05, 3.63) is 20.1 Å². The van der Waals surface area contributed by atoms with Gasteiger partial charge in [-0.3, -0.25) is 0 Å². The SMILES string of the molecule is ClC1=C(Cl)[C@]2(Cl)[C@H]([C@@H]1Cl)[C@@]1(Cl)C(Cl)=C(Cl)[C@@]2(Cl)[C@H]1Cl. The van der Waals surface area contributed by atoms with Crippen molar-refractivity contribution in [2.45, 2.75) is 25.4 Å². The highest BCUT2D eigenvalue weighted by molar-refractivity contribution is 6.61. The van der Waals surface area contributed by atoms with E-state index >= 15 is 0 Å². The minimum absolute atomic E-state index is 0.0884. The summed E-state index contributed by atoms with van der Waals surface area (Å²) in [6, 6.07) is 0. The summed E-state index contributed by atoms with van der Waals surface area (Å²) in [5.41, 5.74) is 0. The van der Waals surface area contributed by atoms with Crippen molar-refractivity contribution in [3.63, 3.8) is 0 Å². The van der Waals surface area contributed by atoms with Crippen LogP contribution in [-0.4, -0.2) is 25.4 Å². The highest BCUT2D eigenvalue weighted by atomic mass is 35.5. The van der Waals surface area contributed by atoms with Crippen molar-refractivity contribution in [1.82, 2.24) is 0 Å². The quantitative estimate of drug-likeness (QED) is 0.394. The molecule has 9 heteroatoms. The third kappa shape index (κ3) is 1.38. The summed E-state index contributed by atoms with van der Waals surface area (Å²) in [5, 5.41) is -1.04. The second kappa shape index (κ2) is 4.34. The lowest BCUT2D eigenvalue weighted by Gasteiger charge is -2.40. The topological polar surface area (TPSA) is 0 Å². The smallest absolute Gasteiger partial charge is 0.118 e. The van der Waals surface area contributed by atoms with Crippen LogP contribution in [0.1, 0.15) is 0 Å². The Bertz CT molecular complexity index is 553. The zero-order valence-corrected chi connectivity index (χ0v) is 15.4. The molecule has 1 saturated carbocycles. The van der Waals surface area contributed by atoms with Crippen LogP contribution >= 0.6 is 104 Å². The van der Waals surface area contributed by atoms with E-state index in [0.717, 1.165) is 0 Å². The van der Waals surface area contributed by atoms with Crippen LogP contribution in [0, 0.1) is 5.92 Å². The van der Waals surface area contributed by atoms with Crippen molar-refractivity contribution >= 4 is 104 Å². The van der Waals surface area contributed by atoms with Crippen LogP contribution in [0.2, 0.25) is 0 Å². The molecule has 3 aliphatic rings. The highest BCUT2D eigenvalue weighted by Gasteiger charge is 2.84. The molecule has 3 aliphatic carbocycles. The highest BCUT2D eigenvalue weighted by Crippen LogP contribution is 2.78. The Hall–Kier alpha value is 2.09. The van der Waals surface area contributed by atoms with Gasteiger partial charge in [-0.15, -0.1) is 58.0 Å². The number of hydrogen-bond donors (Lipinski definition) is 0. The Morgan fingerprint density at radius 3 is 1.79 bits per heavy atom. The van der Waals surface area contributed by atoms with E-state index < -0.39 is 31.3 Å². The summed E-state index contributed by atoms with van der Waals surface area (Å²) >= 11 is 57.2. The van der Waals surface area contributed by atoms with E-state index in [1.165, 1.54) is 0 Å². The molecule has 3 rings (SSSR count). The van der Waals surface area contributed by atoms with Gasteiger partial charge in [-0.1, -0.05) is 46.4 Å². The van der Waals surface area contributed by atoms with E-state index in [1.807, 2.05) is 0 Å². The molecular weight excluding hydrogens is 439 g/mol. The first-order valence-electron chi connectivity index (χ1n) is 5.04. The molecule has 0 N–H and O–H groups in total. The van der Waals surface area contributed by atoms with Crippen molar-refractivity contribution in [1.29, 1.82) is 0 Å². The Labute approximate surface area is 154 Å². The summed E-state index contributed by atoms with van der Waals surface area (Å²) < 4.78 is 0. The van der Waals surface area contributed by atoms with E-state index in [2.05, 4.69) is 0 Å². The second-order valence-corrected chi connectivity index (χ2v) is 8.99. The zero-order chi connectivity index (χ0) is 14.5. The fourth-order valence-electron chi connectivity index (χ4n) is 3.15. The third-order valence-electron chi connectivity index (χ3n) is 4.04. The maximum atomic E-state index is 6.65. The largest absolute Gasteiger partial charge is 0.124 e. The van der Waals surface area contributed by atoms with E-state index in [9.17, 15) is 0 Å². The van der Waals surface area contributed by atoms with Gasteiger partial charge in [-0.2, -0.15) is 0 Å². The summed E-state index contributed by atoms with van der Waals surface area (Å²) in [6.07, 6.45) is 0. The van der Waals surface area contributed by atoms with Crippen LogP contribution < -0.4 is 0 Å². The molecule has 0 saturated heterocycles. The number of fused-ring (bicyclic) bond motifs is 5. The third-order valence-corrected chi connectivity index (χ3v) is 10.1. The van der Waals surface area contributed by atoms with Gasteiger partial charge in [0.25, 0.3) is 0 Å². The van der Waals surface area contributed by atoms with Crippen LogP contribution in [-0.2, 0) is 0 Å². The lowest BCUT2D eigenvalue weighted by molar-refractivity contribution is 0.443. The number of rotatable bonds is 0. The Kier molecular flexibility index (Phi) is 3.64. The molecule has 19 heavy (non-hydrogen) atoms. The molecule has 0 spiro atoms. The molecule has 0 aliphatic heterocycles. The molecule has 0 radical (unpaired) electrons. The fraction of sp³-hybridized carbons (Fsp3) is 0.600. The zero-order valence-electron chi connectivity index (χ0n) is 8.63. The molecule has 0 unspecified atom stereocenters. The summed E-state index contributed by atoms with van der Waals surface area (Å²) in [5.74, 6) is -0.653. The first kappa shape index (κ1) is 16.0. The molecule has 2 bridgehead atoms. The van der Waals surface area contributed by atoms with Crippen LogP contribution in [0.4, 0.5) is 0 Å². The van der Waals surface area contributed by atoms with Gasteiger partial charge < -0.3 is 0 Å². The minimum Gasteiger partial charge on any atom is -0.118 e. The van der Waals surface area contributed by atoms with Crippen LogP contribution in [0.3, 0.4) is 0 Å². The predicted octanol–water partition coefficient (Wildman–Crippen LogP) is 6.17. The van der Waals surface area contributed by atoms with Crippen LogP contribution in [0.5, 0.6) is 0 Å².